The standard InChI is InChI=1S/C13H21NO4/c1-3-10(15)11(14-12(16)17-2)9-4-7-18-13(8-9)5-6-13/h9,11H,3-8H2,1-2H3,(H,14,16). The zero-order valence-electron chi connectivity index (χ0n) is 11.0. The quantitative estimate of drug-likeness (QED) is 0.829. The Kier molecular flexibility index (Phi) is 3.90. The zero-order chi connectivity index (χ0) is 13.2. The minimum absolute atomic E-state index is 0.00693. The second kappa shape index (κ2) is 5.26. The van der Waals surface area contributed by atoms with Crippen molar-refractivity contribution < 1.29 is 19.1 Å². The molecule has 2 atom stereocenters. The van der Waals surface area contributed by atoms with Gasteiger partial charge in [0.2, 0.25) is 0 Å². The molecule has 1 spiro atoms. The molecule has 1 N–H and O–H groups in total. The number of hydrogen-bond donors (Lipinski definition) is 1. The van der Waals surface area contributed by atoms with Crippen LogP contribution < -0.4 is 5.32 Å². The number of carbonyl (C=O) groups excluding carboxylic acids is 2. The number of Topliss-reactive ketones (excluding diaryl/α,β-unsaturated/α-hetero) is 1. The van der Waals surface area contributed by atoms with Gasteiger partial charge < -0.3 is 14.8 Å². The molecule has 102 valence electrons. The number of nitrogens with one attached hydrogen (secondary N) is 1. The van der Waals surface area contributed by atoms with Crippen molar-refractivity contribution in [3.05, 3.63) is 0 Å². The largest absolute Gasteiger partial charge is 0.453 e. The number of rotatable bonds is 4. The Bertz CT molecular complexity index is 338. The highest BCUT2D eigenvalue weighted by atomic mass is 16.5. The second-order valence-electron chi connectivity index (χ2n) is 5.22. The number of alkyl carbamates (subject to hydrolysis) is 1. The monoisotopic (exact) mass is 255 g/mol. The lowest BCUT2D eigenvalue weighted by Gasteiger charge is -2.34. The highest BCUT2D eigenvalue weighted by Crippen LogP contribution is 2.48. The summed E-state index contributed by atoms with van der Waals surface area (Å²) in [4.78, 5) is 23.3. The zero-order valence-corrected chi connectivity index (χ0v) is 11.0. The molecule has 0 radical (unpaired) electrons. The average Bonchev–Trinajstić information content (AvgIpc) is 3.13. The summed E-state index contributed by atoms with van der Waals surface area (Å²) in [6, 6.07) is -0.427. The first-order chi connectivity index (χ1) is 8.60. The van der Waals surface area contributed by atoms with Gasteiger partial charge in [-0.15, -0.1) is 0 Å². The predicted octanol–water partition coefficient (Wildman–Crippen LogP) is 1.65. The Balaban J connectivity index is 2.02. The maximum absolute atomic E-state index is 12.0. The predicted molar refractivity (Wildman–Crippen MR) is 65.3 cm³/mol. The average molecular weight is 255 g/mol. The van der Waals surface area contributed by atoms with Gasteiger partial charge in [-0.1, -0.05) is 6.92 Å². The van der Waals surface area contributed by atoms with Crippen molar-refractivity contribution in [2.75, 3.05) is 13.7 Å². The molecule has 5 nitrogen and oxygen atoms in total. The molecule has 2 unspecified atom stereocenters. The number of amides is 1. The Hall–Kier alpha value is -1.10. The molecule has 18 heavy (non-hydrogen) atoms. The van der Waals surface area contributed by atoms with E-state index in [-0.39, 0.29) is 17.3 Å². The van der Waals surface area contributed by atoms with Crippen LogP contribution >= 0.6 is 0 Å². The van der Waals surface area contributed by atoms with E-state index in [0.29, 0.717) is 13.0 Å². The molecule has 0 aromatic rings. The van der Waals surface area contributed by atoms with Gasteiger partial charge in [0.25, 0.3) is 0 Å². The van der Waals surface area contributed by atoms with E-state index in [0.717, 1.165) is 25.7 Å². The molecule has 1 saturated heterocycles. The van der Waals surface area contributed by atoms with Crippen molar-refractivity contribution in [2.24, 2.45) is 5.92 Å². The maximum Gasteiger partial charge on any atom is 0.407 e. The Morgan fingerprint density at radius 2 is 2.22 bits per heavy atom. The fourth-order valence-electron chi connectivity index (χ4n) is 2.71. The maximum atomic E-state index is 12.0. The van der Waals surface area contributed by atoms with Gasteiger partial charge in [0.15, 0.2) is 5.78 Å². The fourth-order valence-corrected chi connectivity index (χ4v) is 2.71. The number of hydrogen-bond acceptors (Lipinski definition) is 4. The van der Waals surface area contributed by atoms with Crippen LogP contribution in [0.1, 0.15) is 39.0 Å². The molecule has 1 heterocycles. The van der Waals surface area contributed by atoms with Gasteiger partial charge in [-0.2, -0.15) is 0 Å². The van der Waals surface area contributed by atoms with Crippen LogP contribution in [0.3, 0.4) is 0 Å². The Morgan fingerprint density at radius 1 is 1.50 bits per heavy atom. The van der Waals surface area contributed by atoms with E-state index in [1.165, 1.54) is 7.11 Å². The van der Waals surface area contributed by atoms with Crippen molar-refractivity contribution in [1.29, 1.82) is 0 Å². The van der Waals surface area contributed by atoms with E-state index >= 15 is 0 Å². The van der Waals surface area contributed by atoms with Gasteiger partial charge in [-0.3, -0.25) is 4.79 Å². The molecule has 1 amide bonds. The molecular weight excluding hydrogens is 234 g/mol. The summed E-state index contributed by atoms with van der Waals surface area (Å²) in [7, 11) is 1.31. The van der Waals surface area contributed by atoms with E-state index in [1.54, 1.807) is 0 Å². The normalized spacial score (nSPS) is 26.4. The first-order valence-electron chi connectivity index (χ1n) is 6.61. The molecule has 5 heteroatoms. The number of ketones is 1. The molecule has 2 fully saturated rings. The van der Waals surface area contributed by atoms with Crippen molar-refractivity contribution in [1.82, 2.24) is 5.32 Å². The van der Waals surface area contributed by atoms with Gasteiger partial charge in [0.1, 0.15) is 0 Å². The first-order valence-corrected chi connectivity index (χ1v) is 6.61. The van der Waals surface area contributed by atoms with E-state index in [2.05, 4.69) is 10.1 Å². The molecule has 0 aromatic carbocycles. The van der Waals surface area contributed by atoms with Gasteiger partial charge in [-0.25, -0.2) is 4.79 Å². The summed E-state index contributed by atoms with van der Waals surface area (Å²) in [5, 5.41) is 2.69. The number of ether oxygens (including phenoxy) is 2. The second-order valence-corrected chi connectivity index (χ2v) is 5.22. The lowest BCUT2D eigenvalue weighted by Crippen LogP contribution is -2.48. The first kappa shape index (κ1) is 13.3. The molecule has 0 bridgehead atoms. The Morgan fingerprint density at radius 3 is 2.78 bits per heavy atom. The molecule has 2 rings (SSSR count). The third kappa shape index (κ3) is 2.83. The molecule has 2 aliphatic rings. The molecule has 1 aliphatic carbocycles. The van der Waals surface area contributed by atoms with Gasteiger partial charge in [0.05, 0.1) is 18.8 Å². The van der Waals surface area contributed by atoms with Crippen molar-refractivity contribution in [2.45, 2.75) is 50.7 Å². The minimum atomic E-state index is -0.530. The Labute approximate surface area is 107 Å². The lowest BCUT2D eigenvalue weighted by molar-refractivity contribution is -0.124. The van der Waals surface area contributed by atoms with Crippen LogP contribution in [0.15, 0.2) is 0 Å². The van der Waals surface area contributed by atoms with E-state index < -0.39 is 12.1 Å². The molecule has 0 aromatic heterocycles. The van der Waals surface area contributed by atoms with Crippen LogP contribution in [0, 0.1) is 5.92 Å². The summed E-state index contributed by atoms with van der Waals surface area (Å²) in [5.41, 5.74) is 0.00693. The fraction of sp³-hybridized carbons (Fsp3) is 0.846. The number of carbonyl (C=O) groups is 2. The smallest absolute Gasteiger partial charge is 0.407 e. The third-order valence-electron chi connectivity index (χ3n) is 3.96. The van der Waals surface area contributed by atoms with Crippen LogP contribution in [0.5, 0.6) is 0 Å². The third-order valence-corrected chi connectivity index (χ3v) is 3.96. The lowest BCUT2D eigenvalue weighted by atomic mass is 9.85. The summed E-state index contributed by atoms with van der Waals surface area (Å²) in [6.07, 6.45) is 3.75. The highest BCUT2D eigenvalue weighted by Gasteiger charge is 2.49. The van der Waals surface area contributed by atoms with Crippen molar-refractivity contribution in [3.8, 4) is 0 Å². The van der Waals surface area contributed by atoms with Crippen molar-refractivity contribution in [3.63, 3.8) is 0 Å². The minimum Gasteiger partial charge on any atom is -0.453 e. The van der Waals surface area contributed by atoms with Crippen LogP contribution in [-0.2, 0) is 14.3 Å². The number of methoxy groups -OCH3 is 1. The van der Waals surface area contributed by atoms with Gasteiger partial charge in [0, 0.05) is 13.0 Å². The highest BCUT2D eigenvalue weighted by molar-refractivity contribution is 5.87. The molecule has 1 saturated carbocycles. The summed E-state index contributed by atoms with van der Waals surface area (Å²) in [5.74, 6) is 0.246. The van der Waals surface area contributed by atoms with E-state index in [4.69, 9.17) is 4.74 Å². The van der Waals surface area contributed by atoms with Crippen molar-refractivity contribution >= 4 is 11.9 Å². The SMILES string of the molecule is CCC(=O)C(NC(=O)OC)C1CCOC2(CC2)C1. The van der Waals surface area contributed by atoms with Crippen LogP contribution in [0.2, 0.25) is 0 Å². The van der Waals surface area contributed by atoms with Crippen LogP contribution in [0.25, 0.3) is 0 Å². The van der Waals surface area contributed by atoms with Crippen LogP contribution in [-0.4, -0.2) is 37.2 Å². The van der Waals surface area contributed by atoms with Gasteiger partial charge >= 0.3 is 6.09 Å². The summed E-state index contributed by atoms with van der Waals surface area (Å²) in [6.45, 7) is 2.50. The topological polar surface area (TPSA) is 64.6 Å². The summed E-state index contributed by atoms with van der Waals surface area (Å²) < 4.78 is 10.3. The van der Waals surface area contributed by atoms with Gasteiger partial charge in [-0.05, 0) is 31.6 Å². The van der Waals surface area contributed by atoms with Crippen LogP contribution in [0.4, 0.5) is 4.79 Å². The molecule has 1 aliphatic heterocycles. The van der Waals surface area contributed by atoms with E-state index in [9.17, 15) is 9.59 Å². The molecular formula is C13H21NO4. The van der Waals surface area contributed by atoms with E-state index in [1.807, 2.05) is 6.92 Å². The summed E-state index contributed by atoms with van der Waals surface area (Å²) >= 11 is 0.